The van der Waals surface area contributed by atoms with Crippen LogP contribution < -0.4 is 0 Å². The van der Waals surface area contributed by atoms with Gasteiger partial charge in [0.15, 0.2) is 17.5 Å². The molecule has 0 unspecified atom stereocenters. The van der Waals surface area contributed by atoms with E-state index in [1.165, 1.54) is 74.2 Å². The van der Waals surface area contributed by atoms with Crippen molar-refractivity contribution in [3.05, 3.63) is 200 Å². The predicted octanol–water partition coefficient (Wildman–Crippen LogP) is 16.6. The Morgan fingerprint density at radius 2 is 0.906 bits per heavy atom. The smallest absolute Gasteiger partial charge is 0.167 e. The van der Waals surface area contributed by atoms with Crippen molar-refractivity contribution in [1.82, 2.24) is 15.0 Å². The van der Waals surface area contributed by atoms with E-state index in [1.54, 1.807) is 0 Å². The lowest BCUT2D eigenvalue weighted by molar-refractivity contribution is 0.670. The molecule has 0 fully saturated rings. The Labute approximate surface area is 370 Å². The van der Waals surface area contributed by atoms with E-state index in [2.05, 4.69) is 182 Å². The first-order valence-electron chi connectivity index (χ1n) is 21.6. The van der Waals surface area contributed by atoms with Gasteiger partial charge in [-0.15, -0.1) is 11.3 Å². The third kappa shape index (κ3) is 5.13. The van der Waals surface area contributed by atoms with Crippen molar-refractivity contribution in [2.45, 2.75) is 0 Å². The maximum absolute atomic E-state index is 6.74. The number of nitrogens with zero attached hydrogens (tertiary/aromatic N) is 3. The molecular formula is C59H33N3OS. The monoisotopic (exact) mass is 831 g/mol. The Bertz CT molecular complexity index is 4230. The van der Waals surface area contributed by atoms with Crippen LogP contribution in [0.3, 0.4) is 0 Å². The highest BCUT2D eigenvalue weighted by Crippen LogP contribution is 2.50. The summed E-state index contributed by atoms with van der Waals surface area (Å²) < 4.78 is 9.28. The molecule has 5 heteroatoms. The predicted molar refractivity (Wildman–Crippen MR) is 269 cm³/mol. The second-order valence-corrected chi connectivity index (χ2v) is 17.6. The van der Waals surface area contributed by atoms with Crippen LogP contribution in [0.5, 0.6) is 0 Å². The third-order valence-corrected chi connectivity index (χ3v) is 14.3. The fourth-order valence-corrected chi connectivity index (χ4v) is 11.6. The van der Waals surface area contributed by atoms with Gasteiger partial charge in [-0.2, -0.15) is 0 Å². The maximum Gasteiger partial charge on any atom is 0.167 e. The number of furan rings is 1. The summed E-state index contributed by atoms with van der Waals surface area (Å²) in [6.07, 6.45) is 0. The van der Waals surface area contributed by atoms with Gasteiger partial charge in [-0.05, 0) is 77.8 Å². The van der Waals surface area contributed by atoms with Gasteiger partial charge in [0.1, 0.15) is 11.2 Å². The Kier molecular flexibility index (Phi) is 7.53. The molecule has 296 valence electrons. The van der Waals surface area contributed by atoms with Gasteiger partial charge in [-0.1, -0.05) is 182 Å². The zero-order chi connectivity index (χ0) is 41.9. The molecule has 4 nitrogen and oxygen atoms in total. The van der Waals surface area contributed by atoms with Crippen LogP contribution in [0, 0.1) is 0 Å². The zero-order valence-electron chi connectivity index (χ0n) is 34.2. The quantitative estimate of drug-likeness (QED) is 0.166. The van der Waals surface area contributed by atoms with E-state index in [1.807, 2.05) is 29.5 Å². The van der Waals surface area contributed by atoms with Gasteiger partial charge >= 0.3 is 0 Å². The number of aromatic nitrogens is 3. The van der Waals surface area contributed by atoms with Crippen LogP contribution in [0.25, 0.3) is 141 Å². The van der Waals surface area contributed by atoms with Gasteiger partial charge in [0.25, 0.3) is 0 Å². The first-order chi connectivity index (χ1) is 31.7. The van der Waals surface area contributed by atoms with Crippen molar-refractivity contribution in [2.75, 3.05) is 0 Å². The largest absolute Gasteiger partial charge is 0.455 e. The molecule has 14 rings (SSSR count). The fraction of sp³-hybridized carbons (Fsp3) is 0. The lowest BCUT2D eigenvalue weighted by Gasteiger charge is -2.15. The maximum atomic E-state index is 6.74. The zero-order valence-corrected chi connectivity index (χ0v) is 35.0. The molecule has 3 aromatic heterocycles. The van der Waals surface area contributed by atoms with Crippen molar-refractivity contribution in [2.24, 2.45) is 0 Å². The highest BCUT2D eigenvalue weighted by molar-refractivity contribution is 7.27. The number of hydrogen-bond donors (Lipinski definition) is 0. The number of hydrogen-bond acceptors (Lipinski definition) is 5. The topological polar surface area (TPSA) is 51.8 Å². The summed E-state index contributed by atoms with van der Waals surface area (Å²) in [7, 11) is 0. The highest BCUT2D eigenvalue weighted by atomic mass is 32.1. The number of rotatable bonds is 4. The Morgan fingerprint density at radius 1 is 0.344 bits per heavy atom. The van der Waals surface area contributed by atoms with Crippen LogP contribution in [0.1, 0.15) is 0 Å². The lowest BCUT2D eigenvalue weighted by atomic mass is 9.89. The van der Waals surface area contributed by atoms with E-state index in [9.17, 15) is 0 Å². The molecule has 0 spiro atoms. The van der Waals surface area contributed by atoms with Crippen LogP contribution >= 0.6 is 11.3 Å². The lowest BCUT2D eigenvalue weighted by Crippen LogP contribution is -2.01. The van der Waals surface area contributed by atoms with E-state index in [0.717, 1.165) is 49.6 Å². The summed E-state index contributed by atoms with van der Waals surface area (Å²) in [6.45, 7) is 0. The van der Waals surface area contributed by atoms with E-state index in [4.69, 9.17) is 19.4 Å². The number of fused-ring (bicyclic) bond motifs is 16. The van der Waals surface area contributed by atoms with E-state index in [0.29, 0.717) is 17.5 Å². The minimum Gasteiger partial charge on any atom is -0.455 e. The SMILES string of the molecule is c1ccc(-c2nc(-c3ccccc3-c3c4ccccc4cc4sc5c(ccc6c7ccccc7c7ccccc7c65)c34)nc(-c3cccc4c3oc3ccc5ccccc5c34)n2)cc1. The molecule has 0 radical (unpaired) electrons. The molecule has 0 aliphatic heterocycles. The normalized spacial score (nSPS) is 12.1. The molecule has 0 bridgehead atoms. The molecule has 0 saturated carbocycles. The number of para-hydroxylation sites is 1. The van der Waals surface area contributed by atoms with Crippen LogP contribution in [0.2, 0.25) is 0 Å². The van der Waals surface area contributed by atoms with E-state index >= 15 is 0 Å². The summed E-state index contributed by atoms with van der Waals surface area (Å²) in [5.74, 6) is 1.76. The molecule has 0 atom stereocenters. The van der Waals surface area contributed by atoms with Crippen molar-refractivity contribution in [3.63, 3.8) is 0 Å². The van der Waals surface area contributed by atoms with Crippen molar-refractivity contribution < 1.29 is 4.42 Å². The van der Waals surface area contributed by atoms with Gasteiger partial charge in [-0.25, -0.2) is 15.0 Å². The second-order valence-electron chi connectivity index (χ2n) is 16.6. The minimum atomic E-state index is 0.558. The average molecular weight is 832 g/mol. The average Bonchev–Trinajstić information content (AvgIpc) is 3.94. The molecule has 0 N–H and O–H groups in total. The van der Waals surface area contributed by atoms with Crippen molar-refractivity contribution in [1.29, 1.82) is 0 Å². The summed E-state index contributed by atoms with van der Waals surface area (Å²) in [5, 5.41) is 17.0. The van der Waals surface area contributed by atoms with E-state index < -0.39 is 0 Å². The molecule has 14 aromatic rings. The van der Waals surface area contributed by atoms with Crippen LogP contribution in [0.4, 0.5) is 0 Å². The van der Waals surface area contributed by atoms with Crippen LogP contribution in [-0.2, 0) is 0 Å². The Morgan fingerprint density at radius 3 is 1.70 bits per heavy atom. The van der Waals surface area contributed by atoms with Gasteiger partial charge in [-0.3, -0.25) is 0 Å². The summed E-state index contributed by atoms with van der Waals surface area (Å²) >= 11 is 1.89. The van der Waals surface area contributed by atoms with Crippen molar-refractivity contribution >= 4 is 107 Å². The molecule has 0 aliphatic rings. The Balaban J connectivity index is 1.06. The minimum absolute atomic E-state index is 0.558. The van der Waals surface area contributed by atoms with E-state index in [-0.39, 0.29) is 0 Å². The summed E-state index contributed by atoms with van der Waals surface area (Å²) in [4.78, 5) is 15.9. The third-order valence-electron chi connectivity index (χ3n) is 13.1. The molecule has 11 aromatic carbocycles. The first kappa shape index (κ1) is 35.4. The molecule has 3 heterocycles. The van der Waals surface area contributed by atoms with Gasteiger partial charge in [0.05, 0.1) is 5.56 Å². The van der Waals surface area contributed by atoms with Gasteiger partial charge in [0, 0.05) is 47.5 Å². The molecule has 0 amide bonds. The standard InChI is InChI=1S/C59H33N3OS/c1-2-16-35(17-3-1)57-60-58(62-59(61-57)48-28-14-27-46-51-37-19-6-4-15-34(37)29-32-49(51)63-55(46)48)45-26-13-12-25-43(45)52-38-20-7-5-18-36(38)33-50-54(52)47-31-30-44-41-23-9-8-21-39(41)40-22-10-11-24-42(40)53(44)56(47)64-50/h1-33H. The molecular weight excluding hydrogens is 799 g/mol. The number of benzene rings is 11. The fourth-order valence-electron chi connectivity index (χ4n) is 10.3. The second kappa shape index (κ2) is 13.6. The highest BCUT2D eigenvalue weighted by Gasteiger charge is 2.24. The van der Waals surface area contributed by atoms with Crippen molar-refractivity contribution in [3.8, 4) is 45.3 Å². The Hall–Kier alpha value is -8.25. The summed E-state index contributed by atoms with van der Waals surface area (Å²) in [6, 6.07) is 71.3. The molecule has 64 heavy (non-hydrogen) atoms. The molecule has 0 saturated heterocycles. The summed E-state index contributed by atoms with van der Waals surface area (Å²) in [5.41, 5.74) is 6.49. The van der Waals surface area contributed by atoms with Crippen LogP contribution in [-0.4, -0.2) is 15.0 Å². The first-order valence-corrected chi connectivity index (χ1v) is 22.4. The van der Waals surface area contributed by atoms with Gasteiger partial charge in [0.2, 0.25) is 0 Å². The molecule has 0 aliphatic carbocycles. The number of thiophene rings is 1. The van der Waals surface area contributed by atoms with Gasteiger partial charge < -0.3 is 4.42 Å². The van der Waals surface area contributed by atoms with Crippen LogP contribution in [0.15, 0.2) is 205 Å².